The van der Waals surface area contributed by atoms with Crippen LogP contribution in [0.2, 0.25) is 0 Å². The Balaban J connectivity index is 1.61. The van der Waals surface area contributed by atoms with Gasteiger partial charge >= 0.3 is 0 Å². The SMILES string of the molecule is Cc1cccc(C(=O)NCCN2C(=O)c3cccnc3C2=O)c1. The van der Waals surface area contributed by atoms with Gasteiger partial charge in [-0.1, -0.05) is 17.7 Å². The number of hydrogen-bond acceptors (Lipinski definition) is 4. The number of benzene rings is 1. The van der Waals surface area contributed by atoms with Crippen LogP contribution in [0.3, 0.4) is 0 Å². The predicted octanol–water partition coefficient (Wildman–Crippen LogP) is 1.42. The molecule has 1 aromatic heterocycles. The van der Waals surface area contributed by atoms with Crippen LogP contribution in [0.5, 0.6) is 0 Å². The van der Waals surface area contributed by atoms with Gasteiger partial charge < -0.3 is 5.32 Å². The number of rotatable bonds is 4. The minimum absolute atomic E-state index is 0.117. The first kappa shape index (κ1) is 14.9. The fourth-order valence-electron chi connectivity index (χ4n) is 2.49. The Kier molecular flexibility index (Phi) is 3.89. The summed E-state index contributed by atoms with van der Waals surface area (Å²) >= 11 is 0. The van der Waals surface area contributed by atoms with E-state index >= 15 is 0 Å². The summed E-state index contributed by atoms with van der Waals surface area (Å²) in [5.41, 5.74) is 2.02. The normalized spacial score (nSPS) is 13.2. The van der Waals surface area contributed by atoms with Gasteiger partial charge in [0.05, 0.1) is 5.56 Å². The van der Waals surface area contributed by atoms with Gasteiger partial charge in [0.2, 0.25) is 0 Å². The first-order chi connectivity index (χ1) is 11.1. The molecule has 0 bridgehead atoms. The first-order valence-electron chi connectivity index (χ1n) is 7.24. The van der Waals surface area contributed by atoms with Crippen molar-refractivity contribution in [1.29, 1.82) is 0 Å². The van der Waals surface area contributed by atoms with E-state index in [0.29, 0.717) is 11.1 Å². The lowest BCUT2D eigenvalue weighted by Crippen LogP contribution is -2.38. The van der Waals surface area contributed by atoms with Crippen LogP contribution < -0.4 is 5.32 Å². The quantitative estimate of drug-likeness (QED) is 0.866. The molecule has 1 N–H and O–H groups in total. The average Bonchev–Trinajstić information content (AvgIpc) is 2.80. The molecule has 0 atom stereocenters. The monoisotopic (exact) mass is 309 g/mol. The summed E-state index contributed by atoms with van der Waals surface area (Å²) in [4.78, 5) is 41.4. The van der Waals surface area contributed by atoms with Gasteiger partial charge in [-0.3, -0.25) is 24.3 Å². The van der Waals surface area contributed by atoms with Gasteiger partial charge in [-0.05, 0) is 31.2 Å². The fourth-order valence-corrected chi connectivity index (χ4v) is 2.49. The standard InChI is InChI=1S/C17H15N3O3/c1-11-4-2-5-12(10-11)15(21)19-8-9-20-16(22)13-6-3-7-18-14(13)17(20)23/h2-7,10H,8-9H2,1H3,(H,19,21). The number of aryl methyl sites for hydroxylation is 1. The van der Waals surface area contributed by atoms with E-state index in [1.807, 2.05) is 13.0 Å². The molecule has 116 valence electrons. The minimum atomic E-state index is -0.421. The maximum atomic E-state index is 12.1. The number of imide groups is 1. The van der Waals surface area contributed by atoms with Crippen molar-refractivity contribution in [3.63, 3.8) is 0 Å². The minimum Gasteiger partial charge on any atom is -0.350 e. The number of carbonyl (C=O) groups is 3. The highest BCUT2D eigenvalue weighted by Gasteiger charge is 2.36. The lowest BCUT2D eigenvalue weighted by molar-refractivity contribution is 0.0648. The number of fused-ring (bicyclic) bond motifs is 1. The van der Waals surface area contributed by atoms with Crippen molar-refractivity contribution in [3.05, 3.63) is 65.0 Å². The van der Waals surface area contributed by atoms with Crippen LogP contribution in [0, 0.1) is 6.92 Å². The number of nitrogens with one attached hydrogen (secondary N) is 1. The Labute approximate surface area is 133 Å². The van der Waals surface area contributed by atoms with Gasteiger partial charge in [-0.2, -0.15) is 0 Å². The smallest absolute Gasteiger partial charge is 0.280 e. The summed E-state index contributed by atoms with van der Waals surface area (Å²) in [5, 5.41) is 2.72. The molecule has 2 aromatic rings. The van der Waals surface area contributed by atoms with Gasteiger partial charge in [-0.25, -0.2) is 0 Å². The fraction of sp³-hybridized carbons (Fsp3) is 0.176. The molecule has 6 heteroatoms. The van der Waals surface area contributed by atoms with E-state index < -0.39 is 5.91 Å². The van der Waals surface area contributed by atoms with Crippen LogP contribution in [0.25, 0.3) is 0 Å². The maximum Gasteiger partial charge on any atom is 0.280 e. The van der Waals surface area contributed by atoms with Gasteiger partial charge in [0, 0.05) is 24.8 Å². The van der Waals surface area contributed by atoms with Crippen LogP contribution in [0.4, 0.5) is 0 Å². The number of aromatic nitrogens is 1. The van der Waals surface area contributed by atoms with Crippen LogP contribution >= 0.6 is 0 Å². The van der Waals surface area contributed by atoms with Crippen LogP contribution in [0.15, 0.2) is 42.6 Å². The van der Waals surface area contributed by atoms with Crippen molar-refractivity contribution in [1.82, 2.24) is 15.2 Å². The third-order valence-electron chi connectivity index (χ3n) is 3.63. The summed E-state index contributed by atoms with van der Waals surface area (Å²) in [7, 11) is 0. The third-order valence-corrected chi connectivity index (χ3v) is 3.63. The molecule has 0 spiro atoms. The molecule has 0 radical (unpaired) electrons. The molecule has 3 rings (SSSR count). The van der Waals surface area contributed by atoms with Gasteiger partial charge in [0.1, 0.15) is 5.69 Å². The van der Waals surface area contributed by atoms with Crippen molar-refractivity contribution >= 4 is 17.7 Å². The molecule has 2 heterocycles. The Hall–Kier alpha value is -3.02. The zero-order valence-electron chi connectivity index (χ0n) is 12.6. The summed E-state index contributed by atoms with van der Waals surface area (Å²) in [6.45, 7) is 2.21. The number of amides is 3. The van der Waals surface area contributed by atoms with Gasteiger partial charge in [-0.15, -0.1) is 0 Å². The molecule has 0 fully saturated rings. The van der Waals surface area contributed by atoms with Crippen molar-refractivity contribution in [3.8, 4) is 0 Å². The van der Waals surface area contributed by atoms with Crippen molar-refractivity contribution in [2.45, 2.75) is 6.92 Å². The topological polar surface area (TPSA) is 79.4 Å². The van der Waals surface area contributed by atoms with Crippen LogP contribution in [0.1, 0.15) is 36.8 Å². The first-order valence-corrected chi connectivity index (χ1v) is 7.24. The van der Waals surface area contributed by atoms with E-state index in [0.717, 1.165) is 10.5 Å². The van der Waals surface area contributed by atoms with Crippen LogP contribution in [-0.2, 0) is 0 Å². The molecule has 23 heavy (non-hydrogen) atoms. The number of nitrogens with zero attached hydrogens (tertiary/aromatic N) is 2. The summed E-state index contributed by atoms with van der Waals surface area (Å²) in [6.07, 6.45) is 1.48. The molecule has 6 nitrogen and oxygen atoms in total. The van der Waals surface area contributed by atoms with E-state index in [1.54, 1.807) is 30.3 Å². The molecular formula is C17H15N3O3. The molecule has 0 aliphatic carbocycles. The summed E-state index contributed by atoms with van der Waals surface area (Å²) in [5.74, 6) is -1.03. The summed E-state index contributed by atoms with van der Waals surface area (Å²) < 4.78 is 0. The van der Waals surface area contributed by atoms with Crippen molar-refractivity contribution in [2.75, 3.05) is 13.1 Å². The molecule has 1 aromatic carbocycles. The lowest BCUT2D eigenvalue weighted by Gasteiger charge is -2.14. The molecule has 1 aliphatic heterocycles. The second-order valence-corrected chi connectivity index (χ2v) is 5.29. The number of hydrogen-bond donors (Lipinski definition) is 1. The van der Waals surface area contributed by atoms with E-state index in [-0.39, 0.29) is 30.6 Å². The Morgan fingerprint density at radius 2 is 2.00 bits per heavy atom. The summed E-state index contributed by atoms with van der Waals surface area (Å²) in [6, 6.07) is 10.4. The molecule has 0 saturated carbocycles. The second kappa shape index (κ2) is 6.00. The van der Waals surface area contributed by atoms with Crippen molar-refractivity contribution < 1.29 is 14.4 Å². The maximum absolute atomic E-state index is 12.1. The highest BCUT2D eigenvalue weighted by atomic mass is 16.2. The molecule has 0 unspecified atom stereocenters. The molecule has 1 aliphatic rings. The molecule has 0 saturated heterocycles. The molecular weight excluding hydrogens is 294 g/mol. The third kappa shape index (κ3) is 2.83. The largest absolute Gasteiger partial charge is 0.350 e. The van der Waals surface area contributed by atoms with E-state index in [2.05, 4.69) is 10.3 Å². The highest BCUT2D eigenvalue weighted by molar-refractivity contribution is 6.20. The number of pyridine rings is 1. The zero-order chi connectivity index (χ0) is 16.4. The van der Waals surface area contributed by atoms with Gasteiger partial charge in [0.15, 0.2) is 0 Å². The van der Waals surface area contributed by atoms with Crippen LogP contribution in [-0.4, -0.2) is 40.7 Å². The van der Waals surface area contributed by atoms with Gasteiger partial charge in [0.25, 0.3) is 17.7 Å². The Morgan fingerprint density at radius 1 is 1.17 bits per heavy atom. The van der Waals surface area contributed by atoms with Crippen molar-refractivity contribution in [2.24, 2.45) is 0 Å². The lowest BCUT2D eigenvalue weighted by atomic mass is 10.1. The van der Waals surface area contributed by atoms with E-state index in [9.17, 15) is 14.4 Å². The zero-order valence-corrected chi connectivity index (χ0v) is 12.6. The molecule has 3 amide bonds. The van der Waals surface area contributed by atoms with E-state index in [1.165, 1.54) is 6.20 Å². The Bertz CT molecular complexity index is 766. The second-order valence-electron chi connectivity index (χ2n) is 5.29. The number of carbonyl (C=O) groups excluding carboxylic acids is 3. The predicted molar refractivity (Wildman–Crippen MR) is 83.1 cm³/mol. The Morgan fingerprint density at radius 3 is 2.74 bits per heavy atom. The average molecular weight is 309 g/mol. The van der Waals surface area contributed by atoms with E-state index in [4.69, 9.17) is 0 Å². The highest BCUT2D eigenvalue weighted by Crippen LogP contribution is 2.19.